The molecular formula is C26H24FNO4S2. The molecule has 0 fully saturated rings. The summed E-state index contributed by atoms with van der Waals surface area (Å²) in [5, 5.41) is 3.31. The molecule has 0 saturated heterocycles. The number of fused-ring (bicyclic) bond motifs is 1. The molecule has 0 unspecified atom stereocenters. The molecule has 34 heavy (non-hydrogen) atoms. The second-order valence-electron chi connectivity index (χ2n) is 7.98. The first-order valence-electron chi connectivity index (χ1n) is 10.6. The highest BCUT2D eigenvalue weighted by Gasteiger charge is 2.15. The lowest BCUT2D eigenvalue weighted by Crippen LogP contribution is -2.26. The number of rotatable bonds is 8. The second-order valence-corrected chi connectivity index (χ2v) is 11.1. The van der Waals surface area contributed by atoms with Gasteiger partial charge in [-0.05, 0) is 53.1 Å². The maximum Gasteiger partial charge on any atom is 0.251 e. The first-order chi connectivity index (χ1) is 16.3. The van der Waals surface area contributed by atoms with Crippen LogP contribution in [0.15, 0.2) is 71.6 Å². The normalized spacial score (nSPS) is 11.6. The quantitative estimate of drug-likeness (QED) is 0.345. The van der Waals surface area contributed by atoms with Gasteiger partial charge < -0.3 is 10.1 Å². The van der Waals surface area contributed by atoms with E-state index >= 15 is 0 Å². The van der Waals surface area contributed by atoms with Crippen LogP contribution in [0.4, 0.5) is 4.39 Å². The fraction of sp³-hybridized carbons (Fsp3) is 0.192. The number of amides is 1. The lowest BCUT2D eigenvalue weighted by molar-refractivity contribution is 0.0937. The fourth-order valence-electron chi connectivity index (χ4n) is 3.74. The lowest BCUT2D eigenvalue weighted by Gasteiger charge is -2.08. The minimum absolute atomic E-state index is 0.199. The number of thiophene rings is 1. The van der Waals surface area contributed by atoms with Crippen molar-refractivity contribution in [2.24, 2.45) is 0 Å². The van der Waals surface area contributed by atoms with Crippen LogP contribution in [0.3, 0.4) is 0 Å². The largest absolute Gasteiger partial charge is 0.383 e. The van der Waals surface area contributed by atoms with Crippen molar-refractivity contribution in [2.75, 3.05) is 26.5 Å². The summed E-state index contributed by atoms with van der Waals surface area (Å²) >= 11 is 1.47. The molecule has 0 bridgehead atoms. The molecule has 1 aromatic heterocycles. The smallest absolute Gasteiger partial charge is 0.251 e. The van der Waals surface area contributed by atoms with Crippen molar-refractivity contribution in [3.05, 3.63) is 88.6 Å². The molecule has 0 radical (unpaired) electrons. The highest BCUT2D eigenvalue weighted by molar-refractivity contribution is 7.90. The van der Waals surface area contributed by atoms with Crippen LogP contribution >= 0.6 is 11.3 Å². The van der Waals surface area contributed by atoms with Crippen molar-refractivity contribution in [2.45, 2.75) is 11.3 Å². The molecule has 0 spiro atoms. The van der Waals surface area contributed by atoms with Gasteiger partial charge in [-0.1, -0.05) is 30.3 Å². The van der Waals surface area contributed by atoms with Crippen molar-refractivity contribution >= 4 is 37.2 Å². The first-order valence-corrected chi connectivity index (χ1v) is 13.3. The monoisotopic (exact) mass is 497 g/mol. The van der Waals surface area contributed by atoms with Crippen LogP contribution in [-0.2, 0) is 21.0 Å². The third kappa shape index (κ3) is 5.35. The Hall–Kier alpha value is -3.07. The first kappa shape index (κ1) is 24.1. The van der Waals surface area contributed by atoms with Crippen LogP contribution < -0.4 is 5.32 Å². The van der Waals surface area contributed by atoms with Crippen molar-refractivity contribution in [1.82, 2.24) is 5.32 Å². The summed E-state index contributed by atoms with van der Waals surface area (Å²) in [6, 6.07) is 19.0. The van der Waals surface area contributed by atoms with Crippen LogP contribution in [0, 0.1) is 5.82 Å². The number of benzene rings is 3. The number of hydrogen-bond donors (Lipinski definition) is 1. The van der Waals surface area contributed by atoms with E-state index in [0.717, 1.165) is 26.3 Å². The Morgan fingerprint density at radius 2 is 1.85 bits per heavy atom. The second kappa shape index (κ2) is 10.0. The summed E-state index contributed by atoms with van der Waals surface area (Å²) in [5.41, 5.74) is 3.01. The Morgan fingerprint density at radius 3 is 2.62 bits per heavy atom. The molecule has 4 aromatic rings. The molecule has 0 aliphatic heterocycles. The van der Waals surface area contributed by atoms with Crippen LogP contribution in [0.5, 0.6) is 0 Å². The molecule has 1 amide bonds. The Morgan fingerprint density at radius 1 is 1.06 bits per heavy atom. The Kier molecular flexibility index (Phi) is 7.11. The zero-order valence-corrected chi connectivity index (χ0v) is 20.4. The predicted molar refractivity (Wildman–Crippen MR) is 134 cm³/mol. The number of halogens is 1. The van der Waals surface area contributed by atoms with Crippen LogP contribution in [0.1, 0.15) is 20.8 Å². The number of ether oxygens (including phenoxy) is 1. The van der Waals surface area contributed by atoms with Gasteiger partial charge in [-0.3, -0.25) is 4.79 Å². The molecule has 0 aliphatic rings. The zero-order valence-electron chi connectivity index (χ0n) is 18.8. The van der Waals surface area contributed by atoms with E-state index in [2.05, 4.69) is 5.32 Å². The van der Waals surface area contributed by atoms with E-state index in [1.807, 2.05) is 18.2 Å². The molecule has 3 aromatic carbocycles. The van der Waals surface area contributed by atoms with Crippen LogP contribution in [0.2, 0.25) is 0 Å². The summed E-state index contributed by atoms with van der Waals surface area (Å²) in [4.78, 5) is 13.6. The lowest BCUT2D eigenvalue weighted by atomic mass is 10.0. The maximum absolute atomic E-state index is 14.7. The van der Waals surface area contributed by atoms with Gasteiger partial charge in [0.2, 0.25) is 0 Å². The Labute approximate surface area is 202 Å². The van der Waals surface area contributed by atoms with E-state index in [1.54, 1.807) is 49.6 Å². The third-order valence-corrected chi connectivity index (χ3v) is 7.69. The average molecular weight is 498 g/mol. The van der Waals surface area contributed by atoms with E-state index in [-0.39, 0.29) is 16.6 Å². The molecule has 5 nitrogen and oxygen atoms in total. The van der Waals surface area contributed by atoms with E-state index in [1.165, 1.54) is 23.7 Å². The number of nitrogens with one attached hydrogen (secondary N) is 1. The van der Waals surface area contributed by atoms with Crippen LogP contribution in [-0.4, -0.2) is 40.8 Å². The van der Waals surface area contributed by atoms with Gasteiger partial charge in [-0.15, -0.1) is 11.3 Å². The fourth-order valence-corrected chi connectivity index (χ4v) is 5.67. The number of methoxy groups -OCH3 is 1. The molecule has 0 aliphatic carbocycles. The minimum atomic E-state index is -3.31. The number of sulfone groups is 1. The molecule has 176 valence electrons. The van der Waals surface area contributed by atoms with Crippen molar-refractivity contribution in [1.29, 1.82) is 0 Å². The van der Waals surface area contributed by atoms with Crippen molar-refractivity contribution in [3.8, 4) is 11.1 Å². The summed E-state index contributed by atoms with van der Waals surface area (Å²) in [5.74, 6) is -0.519. The number of carbonyl (C=O) groups excluding carboxylic acids is 1. The van der Waals surface area contributed by atoms with E-state index in [9.17, 15) is 17.6 Å². The Bertz CT molecular complexity index is 1460. The molecule has 0 saturated carbocycles. The van der Waals surface area contributed by atoms with Crippen molar-refractivity contribution in [3.63, 3.8) is 0 Å². The summed E-state index contributed by atoms with van der Waals surface area (Å²) in [6.07, 6.45) is 1.67. The van der Waals surface area contributed by atoms with Gasteiger partial charge in [0.05, 0.1) is 11.5 Å². The minimum Gasteiger partial charge on any atom is -0.383 e. The summed E-state index contributed by atoms with van der Waals surface area (Å²) in [6.45, 7) is 0.838. The molecule has 1 heterocycles. The third-order valence-electron chi connectivity index (χ3n) is 5.41. The van der Waals surface area contributed by atoms with Gasteiger partial charge in [0.1, 0.15) is 5.82 Å². The number of hydrogen-bond acceptors (Lipinski definition) is 5. The standard InChI is InChI=1S/C26H24FNO4S2/c1-32-12-11-28-26(29)19-7-4-6-18(15-19)22-9-10-24(27)23-16-20(33-25(22)23)13-17-5-3-8-21(14-17)34(2,30)31/h3-10,14-16H,11-13H2,1-2H3,(H,28,29). The summed E-state index contributed by atoms with van der Waals surface area (Å²) < 4.78 is 44.2. The van der Waals surface area contributed by atoms with Crippen LogP contribution in [0.25, 0.3) is 21.2 Å². The SMILES string of the molecule is COCCNC(=O)c1cccc(-c2ccc(F)c3cc(Cc4cccc(S(C)(=O)=O)c4)sc23)c1. The van der Waals surface area contributed by atoms with Gasteiger partial charge in [0, 0.05) is 46.9 Å². The van der Waals surface area contributed by atoms with Gasteiger partial charge in [-0.2, -0.15) is 0 Å². The Balaban J connectivity index is 1.68. The van der Waals surface area contributed by atoms with E-state index < -0.39 is 9.84 Å². The molecule has 4 rings (SSSR count). The molecule has 1 N–H and O–H groups in total. The van der Waals surface area contributed by atoms with Gasteiger partial charge >= 0.3 is 0 Å². The van der Waals surface area contributed by atoms with E-state index in [4.69, 9.17) is 4.74 Å². The highest BCUT2D eigenvalue weighted by atomic mass is 32.2. The van der Waals surface area contributed by atoms with E-state index in [0.29, 0.717) is 30.5 Å². The summed E-state index contributed by atoms with van der Waals surface area (Å²) in [7, 11) is -1.73. The van der Waals surface area contributed by atoms with Gasteiger partial charge in [0.25, 0.3) is 5.91 Å². The van der Waals surface area contributed by atoms with Gasteiger partial charge in [-0.25, -0.2) is 12.8 Å². The number of carbonyl (C=O) groups is 1. The topological polar surface area (TPSA) is 72.5 Å². The highest BCUT2D eigenvalue weighted by Crippen LogP contribution is 2.37. The molecule has 8 heteroatoms. The average Bonchev–Trinajstić information content (AvgIpc) is 3.23. The zero-order chi connectivity index (χ0) is 24.3. The maximum atomic E-state index is 14.7. The van der Waals surface area contributed by atoms with Gasteiger partial charge in [0.15, 0.2) is 9.84 Å². The molecular weight excluding hydrogens is 473 g/mol. The van der Waals surface area contributed by atoms with Crippen molar-refractivity contribution < 1.29 is 22.3 Å². The molecule has 0 atom stereocenters. The predicted octanol–water partition coefficient (Wildman–Crippen LogP) is 5.08.